The van der Waals surface area contributed by atoms with E-state index in [1.54, 1.807) is 0 Å². The maximum absolute atomic E-state index is 5.14. The van der Waals surface area contributed by atoms with Crippen molar-refractivity contribution in [3.63, 3.8) is 0 Å². The van der Waals surface area contributed by atoms with Crippen LogP contribution in [0.5, 0.6) is 0 Å². The molecule has 3 aliphatic heterocycles. The quantitative estimate of drug-likeness (QED) is 0.123. The summed E-state index contributed by atoms with van der Waals surface area (Å²) < 4.78 is 13.3. The van der Waals surface area contributed by atoms with Crippen LogP contribution >= 0.6 is 0 Å². The summed E-state index contributed by atoms with van der Waals surface area (Å²) in [7, 11) is 12.3. The SMILES string of the molecule is CN1C=CN(c2[c-]c(-n3c4[c-]c(-c5nc6cc(-c7ccc8ccccc8c7)ccc6n5C)ccc4c4cccnc43)ccc2)[CH-]1.CN1C=CN(c2[c-]c(-n3c4[c-]c(-c5nc6ccccc6n5C)ccc4c4c5c(ccc43)-c3ccccc3C5)ccc2)[CH-]1.CN1C=CN(c2[c-]c(-n3c4[c-]c(-c5nc6ccccc6n5C)ccc4c4c5c(ccc43)Cc3ccccc3-5)ccc2)[CH-]1.[Pt].[Pt].[Pt]. The largest absolute Gasteiger partial charge is 0.510 e. The molecule has 0 fully saturated rings. The summed E-state index contributed by atoms with van der Waals surface area (Å²) in [5.74, 6) is 2.68. The van der Waals surface area contributed by atoms with E-state index in [2.05, 4.69) is 392 Å². The van der Waals surface area contributed by atoms with Crippen LogP contribution in [-0.4, -0.2) is 83.2 Å². The van der Waals surface area contributed by atoms with E-state index in [-0.39, 0.29) is 63.2 Å². The number of hydrogen-bond donors (Lipinski definition) is 0. The molecule has 0 saturated carbocycles. The maximum Gasteiger partial charge on any atom is 0.132 e. The third kappa shape index (κ3) is 13.8. The van der Waals surface area contributed by atoms with Crippen molar-refractivity contribution < 1.29 is 63.2 Å². The third-order valence-corrected chi connectivity index (χ3v) is 26.1. The van der Waals surface area contributed by atoms with E-state index in [1.165, 1.54) is 87.9 Å². The Morgan fingerprint density at radius 1 is 0.295 bits per heavy atom. The van der Waals surface area contributed by atoms with Crippen LogP contribution in [0.2, 0.25) is 0 Å². The number of para-hydroxylation sites is 4. The van der Waals surface area contributed by atoms with Crippen molar-refractivity contribution >= 4 is 126 Å². The van der Waals surface area contributed by atoms with Crippen LogP contribution in [0.3, 0.4) is 0 Å². The van der Waals surface area contributed by atoms with Gasteiger partial charge in [-0.05, 0) is 231 Å². The number of anilines is 3. The zero-order valence-electron chi connectivity index (χ0n) is 72.4. The molecule has 27 rings (SSSR count). The summed E-state index contributed by atoms with van der Waals surface area (Å²) >= 11 is 0. The molecular formula is C113H79N16Pt3-9. The molecule has 7 aromatic heterocycles. The van der Waals surface area contributed by atoms with Crippen molar-refractivity contribution in [1.29, 1.82) is 0 Å². The summed E-state index contributed by atoms with van der Waals surface area (Å²) in [6, 6.07) is 123. The smallest absolute Gasteiger partial charge is 0.132 e. The van der Waals surface area contributed by atoms with Crippen molar-refractivity contribution in [2.24, 2.45) is 21.1 Å². The molecule has 5 aliphatic rings. The van der Waals surface area contributed by atoms with E-state index in [1.807, 2.05) is 91.7 Å². The number of rotatable bonds is 10. The predicted octanol–water partition coefficient (Wildman–Crippen LogP) is 24.2. The van der Waals surface area contributed by atoms with Gasteiger partial charge in [0.05, 0.1) is 50.6 Å². The Balaban J connectivity index is 0.000000114. The van der Waals surface area contributed by atoms with Gasteiger partial charge in [-0.25, -0.2) is 4.98 Å². The minimum Gasteiger partial charge on any atom is -0.510 e. The van der Waals surface area contributed by atoms with E-state index < -0.39 is 0 Å². The molecule has 2 aliphatic carbocycles. The second-order valence-electron chi connectivity index (χ2n) is 33.9. The molecule has 0 spiro atoms. The van der Waals surface area contributed by atoms with Crippen LogP contribution in [0, 0.1) is 56.4 Å². The van der Waals surface area contributed by atoms with Gasteiger partial charge < -0.3 is 56.8 Å². The topological polar surface area (TPSA) is 101 Å². The van der Waals surface area contributed by atoms with E-state index in [4.69, 9.17) is 19.9 Å². The number of fused-ring (bicyclic) bond motifs is 21. The average molecular weight is 2250 g/mol. The number of benzene rings is 15. The second kappa shape index (κ2) is 33.2. The zero-order valence-corrected chi connectivity index (χ0v) is 79.2. The molecule has 0 atom stereocenters. The zero-order chi connectivity index (χ0) is 86.0. The molecule has 0 N–H and O–H groups in total. The number of hydrogen-bond acceptors (Lipinski definition) is 10. The number of aromatic nitrogens is 10. The molecule has 0 amide bonds. The molecule has 19 heteroatoms. The molecular weight excluding hydrogens is 2170 g/mol. The fourth-order valence-electron chi connectivity index (χ4n) is 19.9. The molecule has 22 aromatic rings. The van der Waals surface area contributed by atoms with E-state index >= 15 is 0 Å². The number of pyridine rings is 1. The Morgan fingerprint density at radius 3 is 1.31 bits per heavy atom. The molecule has 0 radical (unpaired) electrons. The monoisotopic (exact) mass is 2240 g/mol. The summed E-state index contributed by atoms with van der Waals surface area (Å²) in [5.41, 5.74) is 34.3. The summed E-state index contributed by atoms with van der Waals surface area (Å²) in [6.07, 6.45) is 16.0. The Morgan fingerprint density at radius 2 is 0.742 bits per heavy atom. The summed E-state index contributed by atoms with van der Waals surface area (Å²) in [6.45, 7) is 6.14. The molecule has 0 unspecified atom stereocenters. The van der Waals surface area contributed by atoms with Gasteiger partial charge in [-0.3, -0.25) is 15.0 Å². The fraction of sp³-hybridized carbons (Fsp3) is 0.0708. The molecule has 0 saturated heterocycles. The molecule has 10 heterocycles. The van der Waals surface area contributed by atoms with Gasteiger partial charge in [0, 0.05) is 102 Å². The van der Waals surface area contributed by atoms with Gasteiger partial charge >= 0.3 is 0 Å². The first kappa shape index (κ1) is 83.2. The number of imidazole rings is 3. The molecule has 0 bridgehead atoms. The van der Waals surface area contributed by atoms with Crippen LogP contribution in [0.4, 0.5) is 17.1 Å². The predicted molar refractivity (Wildman–Crippen MR) is 523 cm³/mol. The number of aryl methyl sites for hydroxylation is 3. The van der Waals surface area contributed by atoms with Gasteiger partial charge in [0.1, 0.15) is 5.65 Å². The van der Waals surface area contributed by atoms with Crippen LogP contribution in [0.15, 0.2) is 329 Å². The second-order valence-corrected chi connectivity index (χ2v) is 33.9. The van der Waals surface area contributed by atoms with Crippen molar-refractivity contribution in [3.8, 4) is 84.6 Å². The van der Waals surface area contributed by atoms with Gasteiger partial charge in [-0.2, -0.15) is 38.2 Å². The normalized spacial score (nSPS) is 13.5. The minimum absolute atomic E-state index is 0. The van der Waals surface area contributed by atoms with Crippen LogP contribution in [0.1, 0.15) is 22.3 Å². The fourth-order valence-corrected chi connectivity index (χ4v) is 19.9. The standard InChI is InChI=1S/C39H27N6.2C37H26N5.3Pt/c1-42-19-20-44(25-42)31-9-5-10-32(24-31)45-37-23-30(14-16-33(37)34-11-6-18-40-39(34)45)38-41-35-22-29(15-17-36(35)43(38)2)28-13-12-26-7-3-4-8-27(26)21-28;1-39-18-19-41(23-39)27-9-7-10-28(22-27)42-33-17-15-25-20-24-8-3-4-11-29(24)35(25)36(33)30-16-14-26(21-34(30)42)37-38-31-12-5-6-13-32(31)40(37)2;1-39-18-19-41(23-39)26-9-7-10-27(22-26)42-34-17-16-29-28-11-4-3-8-24(28)20-31(29)36(34)30-15-14-25(21-35(30)42)37-38-32-12-5-6-13-33(32)40(37)2;;;/h3-22,25H,1-2H3;2*3-19,23H,20H2,1-2H3;;;/q3*-3;;;. The van der Waals surface area contributed by atoms with Crippen molar-refractivity contribution in [2.45, 2.75) is 12.8 Å². The Kier molecular flexibility index (Phi) is 20.9. The molecule has 650 valence electrons. The third-order valence-electron chi connectivity index (χ3n) is 26.1. The maximum atomic E-state index is 5.14. The molecule has 15 aromatic carbocycles. The Hall–Kier alpha value is -14.4. The van der Waals surface area contributed by atoms with Gasteiger partial charge in [-0.1, -0.05) is 167 Å². The van der Waals surface area contributed by atoms with Gasteiger partial charge in [-0.15, -0.1) is 143 Å². The molecule has 16 nitrogen and oxygen atoms in total. The first-order valence-corrected chi connectivity index (χ1v) is 43.4. The Labute approximate surface area is 806 Å². The Bertz CT molecular complexity index is 8550. The van der Waals surface area contributed by atoms with E-state index in [0.29, 0.717) is 0 Å². The van der Waals surface area contributed by atoms with Gasteiger partial charge in [0.25, 0.3) is 0 Å². The van der Waals surface area contributed by atoms with Crippen LogP contribution in [0.25, 0.3) is 194 Å². The van der Waals surface area contributed by atoms with Gasteiger partial charge in [0.15, 0.2) is 0 Å². The molecule has 132 heavy (non-hydrogen) atoms. The van der Waals surface area contributed by atoms with E-state index in [9.17, 15) is 0 Å². The average Bonchev–Trinajstić information content (AvgIpc) is 1.55. The van der Waals surface area contributed by atoms with Gasteiger partial charge in [0.2, 0.25) is 0 Å². The minimum atomic E-state index is 0. The van der Waals surface area contributed by atoms with Crippen molar-refractivity contribution in [2.75, 3.05) is 35.8 Å². The number of nitrogens with zero attached hydrogens (tertiary/aromatic N) is 16. The summed E-state index contributed by atoms with van der Waals surface area (Å²) in [5, 5.41) is 9.58. The first-order chi connectivity index (χ1) is 63.4. The van der Waals surface area contributed by atoms with Crippen molar-refractivity contribution in [1.82, 2.24) is 62.0 Å². The van der Waals surface area contributed by atoms with Crippen molar-refractivity contribution in [3.05, 3.63) is 407 Å². The van der Waals surface area contributed by atoms with E-state index in [0.717, 1.165) is 158 Å². The van der Waals surface area contributed by atoms with Crippen LogP contribution in [-0.2, 0) is 97.2 Å². The first-order valence-electron chi connectivity index (χ1n) is 43.4. The van der Waals surface area contributed by atoms with Crippen LogP contribution < -0.4 is 14.7 Å². The summed E-state index contributed by atoms with van der Waals surface area (Å²) in [4.78, 5) is 32.3.